The number of benzene rings is 1. The van der Waals surface area contributed by atoms with Crippen LogP contribution in [0, 0.1) is 0 Å². The summed E-state index contributed by atoms with van der Waals surface area (Å²) in [6, 6.07) is 9.22. The van der Waals surface area contributed by atoms with Crippen LogP contribution < -0.4 is 15.4 Å². The zero-order valence-electron chi connectivity index (χ0n) is 12.9. The maximum absolute atomic E-state index is 6.11. The molecule has 2 N–H and O–H groups in total. The van der Waals surface area contributed by atoms with Crippen molar-refractivity contribution in [1.29, 1.82) is 0 Å². The van der Waals surface area contributed by atoms with Gasteiger partial charge < -0.3 is 15.4 Å². The van der Waals surface area contributed by atoms with Gasteiger partial charge in [-0.2, -0.15) is 10.1 Å². The first-order valence-corrected chi connectivity index (χ1v) is 7.55. The summed E-state index contributed by atoms with van der Waals surface area (Å²) < 4.78 is 5.13. The van der Waals surface area contributed by atoms with Crippen LogP contribution in [-0.4, -0.2) is 27.3 Å². The molecule has 3 rings (SSSR count). The minimum absolute atomic E-state index is 0.427. The predicted octanol–water partition coefficient (Wildman–Crippen LogP) is 3.28. The molecule has 0 bridgehead atoms. The Labute approximate surface area is 144 Å². The minimum atomic E-state index is 0.427. The van der Waals surface area contributed by atoms with Crippen LogP contribution in [0.3, 0.4) is 0 Å². The zero-order valence-corrected chi connectivity index (χ0v) is 13.7. The predicted molar refractivity (Wildman–Crippen MR) is 92.7 cm³/mol. The summed E-state index contributed by atoms with van der Waals surface area (Å²) >= 11 is 6.11. The highest BCUT2D eigenvalue weighted by molar-refractivity contribution is 6.32. The second-order valence-electron chi connectivity index (χ2n) is 4.85. The summed E-state index contributed by atoms with van der Waals surface area (Å²) in [6.07, 6.45) is 5.01. The van der Waals surface area contributed by atoms with Crippen molar-refractivity contribution in [3.05, 3.63) is 59.5 Å². The van der Waals surface area contributed by atoms with E-state index in [1.807, 2.05) is 18.2 Å². The Morgan fingerprint density at radius 2 is 2.00 bits per heavy atom. The van der Waals surface area contributed by atoms with Crippen molar-refractivity contribution in [2.45, 2.75) is 6.54 Å². The van der Waals surface area contributed by atoms with Crippen LogP contribution in [0.25, 0.3) is 0 Å². The van der Waals surface area contributed by atoms with Crippen molar-refractivity contribution < 1.29 is 4.74 Å². The molecule has 0 unspecified atom stereocenters. The number of nitrogens with zero attached hydrogens (tertiary/aromatic N) is 4. The molecular weight excluding hydrogens is 328 g/mol. The topological polar surface area (TPSA) is 84.9 Å². The molecule has 0 aliphatic heterocycles. The summed E-state index contributed by atoms with van der Waals surface area (Å²) in [7, 11) is 1.57. The molecular formula is C16H15ClN6O. The van der Waals surface area contributed by atoms with Gasteiger partial charge in [0.25, 0.3) is 0 Å². The third-order valence-electron chi connectivity index (χ3n) is 3.18. The van der Waals surface area contributed by atoms with Gasteiger partial charge in [0.1, 0.15) is 5.75 Å². The van der Waals surface area contributed by atoms with Gasteiger partial charge in [-0.05, 0) is 35.9 Å². The maximum Gasteiger partial charge on any atom is 0.244 e. The van der Waals surface area contributed by atoms with Crippen LogP contribution in [0.4, 0.5) is 17.5 Å². The van der Waals surface area contributed by atoms with Gasteiger partial charge in [-0.15, -0.1) is 5.10 Å². The summed E-state index contributed by atoms with van der Waals surface area (Å²) in [5.74, 6) is 1.60. The first-order valence-electron chi connectivity index (χ1n) is 7.17. The lowest BCUT2D eigenvalue weighted by atomic mass is 10.3. The third-order valence-corrected chi connectivity index (χ3v) is 3.48. The Bertz CT molecular complexity index is 815. The molecule has 0 amide bonds. The van der Waals surface area contributed by atoms with E-state index >= 15 is 0 Å². The second-order valence-corrected chi connectivity index (χ2v) is 5.26. The molecule has 24 heavy (non-hydrogen) atoms. The average Bonchev–Trinajstić information content (AvgIpc) is 2.61. The molecule has 1 aromatic carbocycles. The number of rotatable bonds is 6. The Balaban J connectivity index is 1.67. The number of methoxy groups -OCH3 is 1. The van der Waals surface area contributed by atoms with Gasteiger partial charge in [0, 0.05) is 24.6 Å². The van der Waals surface area contributed by atoms with Gasteiger partial charge in [-0.1, -0.05) is 11.6 Å². The van der Waals surface area contributed by atoms with Crippen molar-refractivity contribution >= 4 is 29.1 Å². The second kappa shape index (κ2) is 7.56. The highest BCUT2D eigenvalue weighted by atomic mass is 35.5. The van der Waals surface area contributed by atoms with Gasteiger partial charge in [-0.3, -0.25) is 4.98 Å². The maximum atomic E-state index is 6.11. The van der Waals surface area contributed by atoms with Gasteiger partial charge >= 0.3 is 0 Å². The van der Waals surface area contributed by atoms with Gasteiger partial charge in [0.05, 0.1) is 18.3 Å². The van der Waals surface area contributed by atoms with E-state index in [-0.39, 0.29) is 0 Å². The summed E-state index contributed by atoms with van der Waals surface area (Å²) in [5.41, 5.74) is 1.86. The quantitative estimate of drug-likeness (QED) is 0.711. The fourth-order valence-electron chi connectivity index (χ4n) is 2.01. The molecule has 0 saturated heterocycles. The van der Waals surface area contributed by atoms with Crippen LogP contribution in [0.2, 0.25) is 5.02 Å². The highest BCUT2D eigenvalue weighted by Crippen LogP contribution is 2.28. The zero-order chi connectivity index (χ0) is 16.8. The Kier molecular flexibility index (Phi) is 5.02. The lowest BCUT2D eigenvalue weighted by molar-refractivity contribution is 0.415. The summed E-state index contributed by atoms with van der Waals surface area (Å²) in [5, 5.41) is 14.7. The van der Waals surface area contributed by atoms with Crippen molar-refractivity contribution in [3.63, 3.8) is 0 Å². The number of anilines is 3. The normalized spacial score (nSPS) is 10.2. The third kappa shape index (κ3) is 4.08. The highest BCUT2D eigenvalue weighted by Gasteiger charge is 2.05. The largest absolute Gasteiger partial charge is 0.495 e. The van der Waals surface area contributed by atoms with E-state index in [2.05, 4.69) is 30.8 Å². The molecule has 2 aromatic heterocycles. The van der Waals surface area contributed by atoms with E-state index in [0.29, 0.717) is 29.1 Å². The van der Waals surface area contributed by atoms with Crippen molar-refractivity contribution in [2.75, 3.05) is 17.7 Å². The molecule has 0 radical (unpaired) electrons. The minimum Gasteiger partial charge on any atom is -0.495 e. The summed E-state index contributed by atoms with van der Waals surface area (Å²) in [6.45, 7) is 0.585. The monoisotopic (exact) mass is 342 g/mol. The molecule has 0 spiro atoms. The fraction of sp³-hybridized carbons (Fsp3) is 0.125. The summed E-state index contributed by atoms with van der Waals surface area (Å²) in [4.78, 5) is 8.35. The fourth-order valence-corrected chi connectivity index (χ4v) is 2.27. The number of pyridine rings is 1. The van der Waals surface area contributed by atoms with E-state index in [0.717, 1.165) is 11.3 Å². The van der Waals surface area contributed by atoms with E-state index in [9.17, 15) is 0 Å². The van der Waals surface area contributed by atoms with Crippen LogP contribution in [0.15, 0.2) is 48.9 Å². The van der Waals surface area contributed by atoms with Crippen molar-refractivity contribution in [3.8, 4) is 5.75 Å². The molecule has 2 heterocycles. The smallest absolute Gasteiger partial charge is 0.244 e. The lowest BCUT2D eigenvalue weighted by Crippen LogP contribution is -2.06. The Hall–Kier alpha value is -2.93. The van der Waals surface area contributed by atoms with Gasteiger partial charge in [-0.25, -0.2) is 0 Å². The lowest BCUT2D eigenvalue weighted by Gasteiger charge is -2.09. The van der Waals surface area contributed by atoms with Crippen LogP contribution in [0.5, 0.6) is 5.75 Å². The van der Waals surface area contributed by atoms with Gasteiger partial charge in [0.15, 0.2) is 5.82 Å². The first-order chi connectivity index (χ1) is 11.7. The van der Waals surface area contributed by atoms with Crippen molar-refractivity contribution in [1.82, 2.24) is 20.2 Å². The molecule has 0 fully saturated rings. The van der Waals surface area contributed by atoms with E-state index < -0.39 is 0 Å². The van der Waals surface area contributed by atoms with Crippen LogP contribution in [-0.2, 0) is 6.54 Å². The van der Waals surface area contributed by atoms with E-state index in [4.69, 9.17) is 16.3 Å². The van der Waals surface area contributed by atoms with Crippen LogP contribution >= 0.6 is 11.6 Å². The molecule has 7 nitrogen and oxygen atoms in total. The standard InChI is InChI=1S/C16H15ClN6O/c1-24-14-3-2-12(8-13(14)17)21-15-10-20-23-16(22-15)19-9-11-4-6-18-7-5-11/h2-8,10H,9H2,1H3,(H2,19,21,22,23). The molecule has 0 aliphatic rings. The first kappa shape index (κ1) is 15.9. The molecule has 122 valence electrons. The number of aromatic nitrogens is 4. The number of hydrogen-bond acceptors (Lipinski definition) is 7. The van der Waals surface area contributed by atoms with Crippen LogP contribution in [0.1, 0.15) is 5.56 Å². The number of hydrogen-bond donors (Lipinski definition) is 2. The number of halogens is 1. The Morgan fingerprint density at radius 3 is 2.75 bits per heavy atom. The SMILES string of the molecule is COc1ccc(Nc2cnnc(NCc3ccncc3)n2)cc1Cl. The molecule has 0 atom stereocenters. The van der Waals surface area contributed by atoms with E-state index in [1.165, 1.54) is 6.20 Å². The van der Waals surface area contributed by atoms with E-state index in [1.54, 1.807) is 31.6 Å². The average molecular weight is 343 g/mol. The number of nitrogens with one attached hydrogen (secondary N) is 2. The molecule has 0 saturated carbocycles. The molecule has 0 aliphatic carbocycles. The molecule has 8 heteroatoms. The number of ether oxygens (including phenoxy) is 1. The van der Waals surface area contributed by atoms with Crippen molar-refractivity contribution in [2.24, 2.45) is 0 Å². The molecule has 3 aromatic rings. The Morgan fingerprint density at radius 1 is 1.17 bits per heavy atom. The van der Waals surface area contributed by atoms with Gasteiger partial charge in [0.2, 0.25) is 5.95 Å².